The summed E-state index contributed by atoms with van der Waals surface area (Å²) in [5.41, 5.74) is 1.73. The van der Waals surface area contributed by atoms with Crippen molar-refractivity contribution in [3.63, 3.8) is 0 Å². The quantitative estimate of drug-likeness (QED) is 0.894. The molecule has 0 radical (unpaired) electrons. The van der Waals surface area contributed by atoms with E-state index in [1.807, 2.05) is 31.2 Å². The molecule has 2 heterocycles. The molecule has 0 aliphatic carbocycles. The number of para-hydroxylation sites is 1. The highest BCUT2D eigenvalue weighted by molar-refractivity contribution is 5.79. The summed E-state index contributed by atoms with van der Waals surface area (Å²) in [6, 6.07) is 7.44. The second-order valence-electron chi connectivity index (χ2n) is 5.58. The molecule has 3 rings (SSSR count). The van der Waals surface area contributed by atoms with Gasteiger partial charge in [0.25, 0.3) is 5.56 Å². The molecule has 6 nitrogen and oxygen atoms in total. The van der Waals surface area contributed by atoms with E-state index in [9.17, 15) is 9.59 Å². The van der Waals surface area contributed by atoms with E-state index in [-0.39, 0.29) is 23.9 Å². The normalized spacial score (nSPS) is 15.8. The van der Waals surface area contributed by atoms with Gasteiger partial charge in [-0.05, 0) is 13.0 Å². The summed E-state index contributed by atoms with van der Waals surface area (Å²) in [7, 11) is 0. The Labute approximate surface area is 133 Å². The third kappa shape index (κ3) is 3.11. The molecule has 0 unspecified atom stereocenters. The van der Waals surface area contributed by atoms with Crippen LogP contribution in [0, 0.1) is 6.92 Å². The fourth-order valence-electron chi connectivity index (χ4n) is 2.73. The summed E-state index contributed by atoms with van der Waals surface area (Å²) in [4.78, 5) is 31.4. The van der Waals surface area contributed by atoms with E-state index in [4.69, 9.17) is 4.74 Å². The standard InChI is InChI=1S/C17H19N3O3/c1-3-15-18-10(2)12(17(22)20-15)8-16(21)19-13-9-23-14-7-5-4-6-11(13)14/h4-7,13H,3,8-9H2,1-2H3,(H,19,21)(H,18,20,22)/t13-/m0/s1. The van der Waals surface area contributed by atoms with Crippen LogP contribution in [-0.2, 0) is 17.6 Å². The summed E-state index contributed by atoms with van der Waals surface area (Å²) in [5.74, 6) is 1.21. The lowest BCUT2D eigenvalue weighted by atomic mass is 10.1. The number of hydrogen-bond acceptors (Lipinski definition) is 4. The first-order valence-electron chi connectivity index (χ1n) is 7.68. The fraction of sp³-hybridized carbons (Fsp3) is 0.353. The van der Waals surface area contributed by atoms with Gasteiger partial charge < -0.3 is 15.0 Å². The van der Waals surface area contributed by atoms with Crippen LogP contribution in [0.5, 0.6) is 5.75 Å². The lowest BCUT2D eigenvalue weighted by Crippen LogP contribution is -2.33. The van der Waals surface area contributed by atoms with E-state index < -0.39 is 0 Å². The maximum Gasteiger partial charge on any atom is 0.254 e. The number of nitrogens with one attached hydrogen (secondary N) is 2. The summed E-state index contributed by atoms with van der Waals surface area (Å²) >= 11 is 0. The van der Waals surface area contributed by atoms with Crippen molar-refractivity contribution in [2.75, 3.05) is 6.61 Å². The maximum atomic E-state index is 12.3. The Morgan fingerprint density at radius 2 is 2.22 bits per heavy atom. The monoisotopic (exact) mass is 313 g/mol. The molecule has 1 aliphatic rings. The lowest BCUT2D eigenvalue weighted by molar-refractivity contribution is -0.121. The zero-order chi connectivity index (χ0) is 16.4. The first-order valence-corrected chi connectivity index (χ1v) is 7.68. The molecule has 1 atom stereocenters. The molecular weight excluding hydrogens is 294 g/mol. The highest BCUT2D eigenvalue weighted by Crippen LogP contribution is 2.31. The van der Waals surface area contributed by atoms with Crippen LogP contribution in [0.4, 0.5) is 0 Å². The number of rotatable bonds is 4. The highest BCUT2D eigenvalue weighted by atomic mass is 16.5. The molecule has 2 aromatic rings. The van der Waals surface area contributed by atoms with Gasteiger partial charge in [0.05, 0.1) is 12.5 Å². The van der Waals surface area contributed by atoms with E-state index >= 15 is 0 Å². The van der Waals surface area contributed by atoms with Gasteiger partial charge in [-0.25, -0.2) is 4.98 Å². The molecule has 0 saturated heterocycles. The van der Waals surface area contributed by atoms with Gasteiger partial charge in [-0.1, -0.05) is 25.1 Å². The number of aromatic nitrogens is 2. The van der Waals surface area contributed by atoms with Crippen molar-refractivity contribution in [3.05, 3.63) is 57.3 Å². The van der Waals surface area contributed by atoms with Crippen molar-refractivity contribution >= 4 is 5.91 Å². The number of nitrogens with zero attached hydrogens (tertiary/aromatic N) is 1. The molecule has 1 aromatic carbocycles. The van der Waals surface area contributed by atoms with Crippen LogP contribution in [0.2, 0.25) is 0 Å². The minimum Gasteiger partial charge on any atom is -0.491 e. The Bertz CT molecular complexity index is 798. The highest BCUT2D eigenvalue weighted by Gasteiger charge is 2.25. The van der Waals surface area contributed by atoms with Gasteiger partial charge in [0.2, 0.25) is 5.91 Å². The average molecular weight is 313 g/mol. The number of carbonyl (C=O) groups excluding carboxylic acids is 1. The molecule has 0 spiro atoms. The Morgan fingerprint density at radius 3 is 2.96 bits per heavy atom. The maximum absolute atomic E-state index is 12.3. The van der Waals surface area contributed by atoms with Gasteiger partial charge in [0.15, 0.2) is 0 Å². The molecular formula is C17H19N3O3. The molecule has 6 heteroatoms. The summed E-state index contributed by atoms with van der Waals surface area (Å²) in [6.45, 7) is 4.08. The first-order chi connectivity index (χ1) is 11.1. The largest absolute Gasteiger partial charge is 0.491 e. The van der Waals surface area contributed by atoms with Crippen LogP contribution in [0.3, 0.4) is 0 Å². The minimum absolute atomic E-state index is 0.0107. The number of hydrogen-bond donors (Lipinski definition) is 2. The Morgan fingerprint density at radius 1 is 1.43 bits per heavy atom. The zero-order valence-corrected chi connectivity index (χ0v) is 13.2. The Balaban J connectivity index is 1.73. The second kappa shape index (κ2) is 6.24. The van der Waals surface area contributed by atoms with Crippen LogP contribution in [0.1, 0.15) is 35.6 Å². The Kier molecular flexibility index (Phi) is 4.14. The third-order valence-corrected chi connectivity index (χ3v) is 3.98. The lowest BCUT2D eigenvalue weighted by Gasteiger charge is -2.12. The topological polar surface area (TPSA) is 84.1 Å². The van der Waals surface area contributed by atoms with E-state index in [2.05, 4.69) is 15.3 Å². The van der Waals surface area contributed by atoms with Crippen LogP contribution >= 0.6 is 0 Å². The van der Waals surface area contributed by atoms with Crippen molar-refractivity contribution in [1.29, 1.82) is 0 Å². The number of ether oxygens (including phenoxy) is 1. The van der Waals surface area contributed by atoms with Crippen molar-refractivity contribution < 1.29 is 9.53 Å². The van der Waals surface area contributed by atoms with E-state index in [0.29, 0.717) is 30.1 Å². The summed E-state index contributed by atoms with van der Waals surface area (Å²) < 4.78 is 5.54. The molecule has 0 fully saturated rings. The number of aryl methyl sites for hydroxylation is 2. The SMILES string of the molecule is CCc1nc(C)c(CC(=O)N[C@H]2COc3ccccc32)c(=O)[nH]1. The number of aromatic amines is 1. The van der Waals surface area contributed by atoms with E-state index in [1.165, 1.54) is 0 Å². The van der Waals surface area contributed by atoms with Gasteiger partial charge in [-0.2, -0.15) is 0 Å². The van der Waals surface area contributed by atoms with E-state index in [0.717, 1.165) is 11.3 Å². The van der Waals surface area contributed by atoms with Crippen molar-refractivity contribution in [2.45, 2.75) is 32.7 Å². The van der Waals surface area contributed by atoms with Crippen LogP contribution in [0.25, 0.3) is 0 Å². The van der Waals surface area contributed by atoms with Gasteiger partial charge >= 0.3 is 0 Å². The average Bonchev–Trinajstić information content (AvgIpc) is 2.94. The molecule has 0 saturated carbocycles. The predicted molar refractivity (Wildman–Crippen MR) is 85.5 cm³/mol. The minimum atomic E-state index is -0.243. The van der Waals surface area contributed by atoms with Crippen molar-refractivity contribution in [3.8, 4) is 5.75 Å². The van der Waals surface area contributed by atoms with Crippen LogP contribution in [0.15, 0.2) is 29.1 Å². The number of fused-ring (bicyclic) bond motifs is 1. The van der Waals surface area contributed by atoms with Gasteiger partial charge in [0, 0.05) is 23.2 Å². The van der Waals surface area contributed by atoms with Gasteiger partial charge in [-0.15, -0.1) is 0 Å². The predicted octanol–water partition coefficient (Wildman–Crippen LogP) is 1.43. The molecule has 2 N–H and O–H groups in total. The molecule has 120 valence electrons. The summed E-state index contributed by atoms with van der Waals surface area (Å²) in [5, 5.41) is 2.92. The Hall–Kier alpha value is -2.63. The molecule has 0 bridgehead atoms. The zero-order valence-electron chi connectivity index (χ0n) is 13.2. The molecule has 1 aliphatic heterocycles. The molecule has 1 aromatic heterocycles. The van der Waals surface area contributed by atoms with Gasteiger partial charge in [0.1, 0.15) is 18.2 Å². The fourth-order valence-corrected chi connectivity index (χ4v) is 2.73. The van der Waals surface area contributed by atoms with Crippen molar-refractivity contribution in [1.82, 2.24) is 15.3 Å². The van der Waals surface area contributed by atoms with Crippen LogP contribution < -0.4 is 15.6 Å². The van der Waals surface area contributed by atoms with Crippen molar-refractivity contribution in [2.24, 2.45) is 0 Å². The summed E-state index contributed by atoms with van der Waals surface area (Å²) in [6.07, 6.45) is 0.662. The second-order valence-corrected chi connectivity index (χ2v) is 5.58. The van der Waals surface area contributed by atoms with Crippen LogP contribution in [-0.4, -0.2) is 22.5 Å². The number of amides is 1. The number of benzene rings is 1. The first kappa shape index (κ1) is 15.3. The number of carbonyl (C=O) groups is 1. The molecule has 23 heavy (non-hydrogen) atoms. The number of H-pyrrole nitrogens is 1. The van der Waals surface area contributed by atoms with E-state index in [1.54, 1.807) is 6.92 Å². The van der Waals surface area contributed by atoms with Gasteiger partial charge in [-0.3, -0.25) is 9.59 Å². The smallest absolute Gasteiger partial charge is 0.254 e. The molecule has 1 amide bonds. The third-order valence-electron chi connectivity index (χ3n) is 3.98.